The van der Waals surface area contributed by atoms with E-state index in [1.807, 2.05) is 55.1 Å². The smallest absolute Gasteiger partial charge is 0.264 e. The summed E-state index contributed by atoms with van der Waals surface area (Å²) < 4.78 is 32.2. The van der Waals surface area contributed by atoms with Crippen LogP contribution in [0.25, 0.3) is 44.3 Å². The van der Waals surface area contributed by atoms with Crippen LogP contribution in [0.1, 0.15) is 39.5 Å². The van der Waals surface area contributed by atoms with E-state index in [0.717, 1.165) is 24.1 Å². The first-order valence-corrected chi connectivity index (χ1v) is 22.3. The van der Waals surface area contributed by atoms with Crippen molar-refractivity contribution in [2.75, 3.05) is 52.4 Å². The van der Waals surface area contributed by atoms with Gasteiger partial charge in [0.2, 0.25) is 5.91 Å². The molecule has 0 radical (unpaired) electrons. The molecule has 2 aliphatic heterocycles. The number of aryl methyl sites for hydroxylation is 2. The summed E-state index contributed by atoms with van der Waals surface area (Å²) in [6.45, 7) is 5.70. The van der Waals surface area contributed by atoms with Crippen LogP contribution in [-0.2, 0) is 28.7 Å². The van der Waals surface area contributed by atoms with Crippen molar-refractivity contribution >= 4 is 60.6 Å². The van der Waals surface area contributed by atoms with Crippen molar-refractivity contribution in [2.24, 2.45) is 25.9 Å². The van der Waals surface area contributed by atoms with Gasteiger partial charge in [-0.3, -0.25) is 14.4 Å². The summed E-state index contributed by atoms with van der Waals surface area (Å²) in [5.41, 5.74) is 4.12. The molecule has 16 nitrogen and oxygen atoms in total. The van der Waals surface area contributed by atoms with Gasteiger partial charge in [0.15, 0.2) is 9.84 Å². The third kappa shape index (κ3) is 7.71. The van der Waals surface area contributed by atoms with Gasteiger partial charge in [0.05, 0.1) is 51.4 Å². The molecule has 1 saturated carbocycles. The summed E-state index contributed by atoms with van der Waals surface area (Å²) in [5, 5.41) is 17.3. The van der Waals surface area contributed by atoms with E-state index >= 15 is 0 Å². The van der Waals surface area contributed by atoms with E-state index in [9.17, 15) is 27.9 Å². The molecule has 61 heavy (non-hydrogen) atoms. The van der Waals surface area contributed by atoms with Crippen LogP contribution in [0.2, 0.25) is 0 Å². The van der Waals surface area contributed by atoms with E-state index < -0.39 is 9.84 Å². The van der Waals surface area contributed by atoms with Gasteiger partial charge < -0.3 is 34.7 Å². The standard InChI is InChI=1S/C44H48N10O6S/c1-25(2)47-41-39-35(46-24-51(3)43(39)57)19-33(50-41)28-9-12-36(53-15-13-26(20-53)21-55)37(17-28)61(59,60)22-29-16-31(29)48-42-40-34(45-23-52(4)44(40)58)18-32(49-42)27-7-10-30(11-8-27)54-14-5-6-38(54)56/h7-12,17-19,23-26,29,31,55H,5-6,13-16,20-22H2,1-4H3,(H,47,50)(H,48,49)/t26-,29?,31?/m0/s1. The zero-order valence-corrected chi connectivity index (χ0v) is 35.3. The summed E-state index contributed by atoms with van der Waals surface area (Å²) in [6.07, 6.45) is 5.55. The third-order valence-electron chi connectivity index (χ3n) is 11.9. The first-order valence-electron chi connectivity index (χ1n) is 20.7. The van der Waals surface area contributed by atoms with Gasteiger partial charge in [0.1, 0.15) is 22.4 Å². The maximum atomic E-state index is 14.7. The molecule has 6 aromatic rings. The van der Waals surface area contributed by atoms with Crippen molar-refractivity contribution in [1.82, 2.24) is 29.1 Å². The van der Waals surface area contributed by atoms with Crippen molar-refractivity contribution in [3.05, 3.63) is 88.0 Å². The minimum atomic E-state index is -3.94. The molecule has 2 saturated heterocycles. The molecule has 3 fully saturated rings. The molecule has 0 spiro atoms. The average molecular weight is 845 g/mol. The van der Waals surface area contributed by atoms with Crippen molar-refractivity contribution in [3.63, 3.8) is 0 Å². The largest absolute Gasteiger partial charge is 0.396 e. The number of benzene rings is 2. The molecule has 316 valence electrons. The van der Waals surface area contributed by atoms with Gasteiger partial charge in [-0.15, -0.1) is 0 Å². The van der Waals surface area contributed by atoms with Crippen LogP contribution in [-0.4, -0.2) is 92.6 Å². The highest BCUT2D eigenvalue weighted by molar-refractivity contribution is 7.91. The Labute approximate surface area is 352 Å². The minimum Gasteiger partial charge on any atom is -0.396 e. The van der Waals surface area contributed by atoms with Crippen molar-refractivity contribution in [2.45, 2.75) is 56.5 Å². The first-order chi connectivity index (χ1) is 29.3. The molecule has 1 aliphatic carbocycles. The second-order valence-corrected chi connectivity index (χ2v) is 18.8. The molecule has 6 heterocycles. The zero-order chi connectivity index (χ0) is 42.7. The molecule has 2 aromatic carbocycles. The van der Waals surface area contributed by atoms with E-state index in [0.29, 0.717) is 88.6 Å². The summed E-state index contributed by atoms with van der Waals surface area (Å²) in [4.78, 5) is 61.8. The Morgan fingerprint density at radius 3 is 2.10 bits per heavy atom. The van der Waals surface area contributed by atoms with Gasteiger partial charge in [-0.05, 0) is 75.4 Å². The predicted octanol–water partition coefficient (Wildman–Crippen LogP) is 4.34. The van der Waals surface area contributed by atoms with Crippen LogP contribution < -0.4 is 31.6 Å². The normalized spacial score (nSPS) is 19.1. The maximum Gasteiger partial charge on any atom is 0.264 e. The van der Waals surface area contributed by atoms with Crippen LogP contribution in [0.5, 0.6) is 0 Å². The number of aromatic nitrogens is 6. The Morgan fingerprint density at radius 1 is 0.836 bits per heavy atom. The summed E-state index contributed by atoms with van der Waals surface area (Å²) >= 11 is 0. The number of hydrogen-bond donors (Lipinski definition) is 3. The van der Waals surface area contributed by atoms with Gasteiger partial charge >= 0.3 is 0 Å². The van der Waals surface area contributed by atoms with Gasteiger partial charge in [0.25, 0.3) is 11.1 Å². The molecule has 3 N–H and O–H groups in total. The molecular formula is C44H48N10O6S. The SMILES string of the molecule is CC(C)Nc1nc(-c2ccc(N3CC[C@H](CO)C3)c(S(=O)(=O)CC3CC3Nc3nc(-c4ccc(N5CCCC5=O)cc4)cc4ncn(C)c(=O)c34)c2)cc2ncn(C)c(=O)c12. The van der Waals surface area contributed by atoms with Crippen molar-refractivity contribution in [1.29, 1.82) is 0 Å². The molecule has 1 amide bonds. The number of aliphatic hydroxyl groups excluding tert-OH is 1. The van der Waals surface area contributed by atoms with Crippen LogP contribution in [0.4, 0.5) is 23.0 Å². The number of amides is 1. The number of sulfone groups is 1. The van der Waals surface area contributed by atoms with E-state index in [1.54, 1.807) is 37.2 Å². The average Bonchev–Trinajstić information content (AvgIpc) is 3.55. The molecule has 3 atom stereocenters. The highest BCUT2D eigenvalue weighted by atomic mass is 32.2. The number of nitrogens with one attached hydrogen (secondary N) is 2. The lowest BCUT2D eigenvalue weighted by atomic mass is 10.1. The second-order valence-electron chi connectivity index (χ2n) is 16.8. The topological polar surface area (TPSA) is 198 Å². The summed E-state index contributed by atoms with van der Waals surface area (Å²) in [6, 6.07) is 16.0. The quantitative estimate of drug-likeness (QED) is 0.158. The Kier molecular flexibility index (Phi) is 10.3. The first kappa shape index (κ1) is 40.2. The van der Waals surface area contributed by atoms with Crippen LogP contribution in [0, 0.1) is 11.8 Å². The Morgan fingerprint density at radius 2 is 1.48 bits per heavy atom. The molecule has 4 aromatic heterocycles. The predicted molar refractivity (Wildman–Crippen MR) is 236 cm³/mol. The molecule has 3 aliphatic rings. The lowest BCUT2D eigenvalue weighted by Gasteiger charge is -2.23. The number of rotatable bonds is 12. The number of hydrogen-bond acceptors (Lipinski definition) is 13. The highest BCUT2D eigenvalue weighted by Gasteiger charge is 2.42. The fourth-order valence-electron chi connectivity index (χ4n) is 8.50. The summed E-state index contributed by atoms with van der Waals surface area (Å²) in [5.74, 6) is 0.376. The summed E-state index contributed by atoms with van der Waals surface area (Å²) in [7, 11) is -0.681. The second kappa shape index (κ2) is 15.7. The molecule has 9 rings (SSSR count). The number of carbonyl (C=O) groups excluding carboxylic acids is 1. The van der Waals surface area contributed by atoms with Crippen LogP contribution in [0.3, 0.4) is 0 Å². The van der Waals surface area contributed by atoms with Gasteiger partial charge in [-0.1, -0.05) is 18.2 Å². The number of pyridine rings is 2. The fourth-order valence-corrected chi connectivity index (χ4v) is 10.4. The number of nitrogens with zero attached hydrogens (tertiary/aromatic N) is 8. The van der Waals surface area contributed by atoms with Gasteiger partial charge in [0, 0.05) is 81.6 Å². The van der Waals surface area contributed by atoms with Crippen molar-refractivity contribution in [3.8, 4) is 22.5 Å². The number of aliphatic hydroxyl groups is 1. The zero-order valence-electron chi connectivity index (χ0n) is 34.5. The van der Waals surface area contributed by atoms with Crippen LogP contribution >= 0.6 is 0 Å². The van der Waals surface area contributed by atoms with Crippen LogP contribution in [0.15, 0.2) is 81.7 Å². The van der Waals surface area contributed by atoms with Gasteiger partial charge in [-0.2, -0.15) is 0 Å². The Hall–Kier alpha value is -6.20. The lowest BCUT2D eigenvalue weighted by molar-refractivity contribution is -0.117. The van der Waals surface area contributed by atoms with Crippen molar-refractivity contribution < 1.29 is 18.3 Å². The molecular weight excluding hydrogens is 797 g/mol. The van der Waals surface area contributed by atoms with E-state index in [2.05, 4.69) is 20.6 Å². The Bertz CT molecular complexity index is 2950. The van der Waals surface area contributed by atoms with Gasteiger partial charge in [-0.25, -0.2) is 28.4 Å². The number of fused-ring (bicyclic) bond motifs is 2. The molecule has 2 unspecified atom stereocenters. The third-order valence-corrected chi connectivity index (χ3v) is 13.8. The Balaban J connectivity index is 1.04. The molecule has 0 bridgehead atoms. The monoisotopic (exact) mass is 844 g/mol. The number of carbonyl (C=O) groups is 1. The van der Waals surface area contributed by atoms with E-state index in [1.165, 1.54) is 21.8 Å². The minimum absolute atomic E-state index is 0.0126. The lowest BCUT2D eigenvalue weighted by Crippen LogP contribution is -2.24. The fraction of sp³-hybridized carbons (Fsp3) is 0.386. The van der Waals surface area contributed by atoms with E-state index in [-0.39, 0.29) is 58.2 Å². The maximum absolute atomic E-state index is 14.7. The highest BCUT2D eigenvalue weighted by Crippen LogP contribution is 2.41. The van der Waals surface area contributed by atoms with E-state index in [4.69, 9.17) is 9.97 Å². The molecule has 17 heteroatoms. The number of anilines is 4.